The van der Waals surface area contributed by atoms with Crippen LogP contribution in [-0.2, 0) is 72.8 Å². The molecule has 27 nitrogen and oxygen atoms in total. The van der Waals surface area contributed by atoms with Gasteiger partial charge in [0.25, 0.3) is 0 Å². The Kier molecular flexibility index (Phi) is 71.7. The number of carbonyl (C=O) groups is 9. The third kappa shape index (κ3) is 54.9. The third-order valence-electron chi connectivity index (χ3n) is 26.4. The Hall–Kier alpha value is -10.1. The van der Waals surface area contributed by atoms with Crippen LogP contribution in [0.2, 0.25) is 10.0 Å². The summed E-state index contributed by atoms with van der Waals surface area (Å²) in [7, 11) is 1.00. The highest BCUT2D eigenvalue weighted by atomic mass is 35.5. The number of ether oxygens (including phenoxy) is 6. The standard InChI is InChI=1S/C26H39ClN2O3.C13H22O4.2C13H24O3.C13H18O3.C12H14O2.C10H12ClN.C9H8O2.C3H8O.C2H2.CO2.CH4O/c1-5-6-18-7-9-19(10-8-18)22(29-24(31)32-25(2,3)4)23(30)28-17-26(15-16-26)20-11-13-21(27)14-12-20;1-3-8-17-13(16)11-6-4-10(5-7-11)9(2)12(14)15;3*1-3-8-16-13(15)12-6-4-11(5-7-12)10(2)9-14;1-3-9-14-12(13)11-7-5-10(4-2)6-8-11;11-9-3-1-8(2-4-9)10(7-12)5-6-10;1-2-7-3-5-8(6-4-7)9(10)11;1-2-3-4;1-2;2-1-3;1-2/h11-14,18-19,22H,5-10,15-17H2,1-4H3,(H,28,30)(H,29,31);9-11H,3-8H2,1-2H3,(H,14,15);2*10-12,14H,3-9H2,1-2H3;4-7,10,14H,3,8-9H2,1-2H3;4-8H,2-3,9H2,1H3;1-4H,5-7,12H2;2-6H,1H2,(H,10,11);4H,2-3H2,1H3;1-2H;;2H,1H3/i;;;;;;;;;1D;;. The molecule has 0 bridgehead atoms. The van der Waals surface area contributed by atoms with Crippen LogP contribution in [-0.4, -0.2) is 187 Å². The van der Waals surface area contributed by atoms with Gasteiger partial charge in [-0.1, -0.05) is 211 Å². The van der Waals surface area contributed by atoms with Crippen LogP contribution in [0.3, 0.4) is 0 Å². The van der Waals surface area contributed by atoms with Crippen molar-refractivity contribution in [2.75, 3.05) is 79.7 Å². The van der Waals surface area contributed by atoms with Gasteiger partial charge in [0.1, 0.15) is 13.0 Å². The van der Waals surface area contributed by atoms with Crippen molar-refractivity contribution in [2.24, 2.45) is 70.8 Å². The first-order chi connectivity index (χ1) is 69.7. The number of carboxylic acid groups (broad SMARTS) is 2. The summed E-state index contributed by atoms with van der Waals surface area (Å²) in [5.41, 5.74) is 12.3. The second kappa shape index (κ2) is 78.2. The fraction of sp³-hybridized carbons (Fsp3) is 0.603. The van der Waals surface area contributed by atoms with Crippen molar-refractivity contribution in [2.45, 2.75) is 305 Å². The molecule has 6 saturated carbocycles. The van der Waals surface area contributed by atoms with E-state index in [0.717, 1.165) is 195 Å². The number of halogens is 2. The second-order valence-electron chi connectivity index (χ2n) is 38.7. The van der Waals surface area contributed by atoms with Crippen molar-refractivity contribution >= 4 is 95.3 Å². The summed E-state index contributed by atoms with van der Waals surface area (Å²) < 4.78 is 36.6. The Morgan fingerprint density at radius 3 is 1.12 bits per heavy atom. The average molecular weight is 2070 g/mol. The number of carbonyl (C=O) groups excluding carboxylic acids is 9. The van der Waals surface area contributed by atoms with Gasteiger partial charge in [0.2, 0.25) is 5.91 Å². The molecule has 11 N–H and O–H groups in total. The van der Waals surface area contributed by atoms with Gasteiger partial charge in [-0.25, -0.2) is 19.2 Å². The van der Waals surface area contributed by atoms with Crippen molar-refractivity contribution in [1.82, 2.24) is 10.6 Å². The smallest absolute Gasteiger partial charge is 0.408 e. The Labute approximate surface area is 876 Å². The molecule has 0 spiro atoms. The zero-order valence-electron chi connectivity index (χ0n) is 90.2. The van der Waals surface area contributed by atoms with E-state index >= 15 is 0 Å². The van der Waals surface area contributed by atoms with Gasteiger partial charge < -0.3 is 80.5 Å². The van der Waals surface area contributed by atoms with E-state index in [9.17, 15) is 43.2 Å². The number of hydrogen-bond donors (Lipinski definition) is 10. The molecule has 5 unspecified atom stereocenters. The number of carboxylic acids is 2. The van der Waals surface area contributed by atoms with Gasteiger partial charge in [0, 0.05) is 73.4 Å². The van der Waals surface area contributed by atoms with Gasteiger partial charge in [0.05, 0.1) is 73.4 Å². The molecule has 5 aromatic carbocycles. The summed E-state index contributed by atoms with van der Waals surface area (Å²) >= 11 is 11.8. The van der Waals surface area contributed by atoms with Crippen LogP contribution in [0, 0.1) is 77.9 Å². The summed E-state index contributed by atoms with van der Waals surface area (Å²) in [6, 6.07) is 36.3. The summed E-state index contributed by atoms with van der Waals surface area (Å²) in [5.74, 6) is 0.558. The minimum Gasteiger partial charge on any atom is -0.481 e. The molecule has 6 aliphatic rings. The second-order valence-corrected chi connectivity index (χ2v) is 39.6. The molecular formula is C116H175Cl2N3O24. The van der Waals surface area contributed by atoms with Gasteiger partial charge in [-0.2, -0.15) is 9.59 Å². The predicted molar refractivity (Wildman–Crippen MR) is 573 cm³/mol. The topological polar surface area (TPSA) is 435 Å². The number of esters is 5. The first-order valence-electron chi connectivity index (χ1n) is 52.4. The maximum Gasteiger partial charge on any atom is 0.408 e. The number of terminal acetylenes is 1. The molecule has 5 aromatic rings. The number of hydrogen-bond acceptors (Lipinski definition) is 23. The third-order valence-corrected chi connectivity index (χ3v) is 26.9. The van der Waals surface area contributed by atoms with Crippen LogP contribution in [0.25, 0.3) is 12.2 Å². The van der Waals surface area contributed by atoms with Crippen molar-refractivity contribution in [3.05, 3.63) is 189 Å². The monoisotopic (exact) mass is 2070 g/mol. The quantitative estimate of drug-likeness (QED) is 0.0100. The fourth-order valence-electron chi connectivity index (χ4n) is 16.8. The molecule has 0 saturated heterocycles. The molecule has 145 heavy (non-hydrogen) atoms. The highest BCUT2D eigenvalue weighted by molar-refractivity contribution is 6.30. The lowest BCUT2D eigenvalue weighted by Gasteiger charge is -2.34. The number of nitrogens with two attached hydrogens (primary N) is 1. The Morgan fingerprint density at radius 1 is 0.490 bits per heavy atom. The Bertz CT molecular complexity index is 4450. The van der Waals surface area contributed by atoms with Gasteiger partial charge in [-0.3, -0.25) is 24.0 Å². The first-order valence-corrected chi connectivity index (χ1v) is 52.6. The number of amides is 2. The highest BCUT2D eigenvalue weighted by Gasteiger charge is 2.46. The van der Waals surface area contributed by atoms with Crippen LogP contribution >= 0.6 is 23.2 Å². The van der Waals surface area contributed by atoms with Crippen LogP contribution in [0.15, 0.2) is 134 Å². The van der Waals surface area contributed by atoms with E-state index in [4.69, 9.17) is 104 Å². The maximum atomic E-state index is 13.3. The minimum absolute atomic E-state index is 0.0150. The number of nitrogens with one attached hydrogen (secondary N) is 2. The average Bonchev–Trinajstić information content (AvgIpc) is 1.60. The van der Waals surface area contributed by atoms with Crippen LogP contribution in [0.1, 0.15) is 343 Å². The van der Waals surface area contributed by atoms with Crippen molar-refractivity contribution < 1.29 is 118 Å². The predicted octanol–water partition coefficient (Wildman–Crippen LogP) is 22.5. The van der Waals surface area contributed by atoms with E-state index in [1.54, 1.807) is 67.6 Å². The highest BCUT2D eigenvalue weighted by Crippen LogP contribution is 2.49. The van der Waals surface area contributed by atoms with Crippen LogP contribution in [0.5, 0.6) is 0 Å². The number of aliphatic hydroxyl groups excluding tert-OH is 5. The number of rotatable bonds is 37. The Morgan fingerprint density at radius 2 is 0.821 bits per heavy atom. The van der Waals surface area contributed by atoms with E-state index in [1.165, 1.54) is 43.2 Å². The first kappa shape index (κ1) is 133. The molecule has 11 rings (SSSR count). The van der Waals surface area contributed by atoms with Gasteiger partial charge in [0.15, 0.2) is 0 Å². The van der Waals surface area contributed by atoms with Gasteiger partial charge in [-0.15, -0.1) is 12.8 Å². The van der Waals surface area contributed by atoms with E-state index in [0.29, 0.717) is 97.0 Å². The number of aliphatic carboxylic acids is 1. The molecule has 0 aliphatic heterocycles. The summed E-state index contributed by atoms with van der Waals surface area (Å²) in [5, 5.41) is 67.1. The number of benzene rings is 5. The summed E-state index contributed by atoms with van der Waals surface area (Å²) in [4.78, 5) is 121. The van der Waals surface area contributed by atoms with Crippen LogP contribution in [0.4, 0.5) is 4.79 Å². The van der Waals surface area contributed by atoms with Crippen molar-refractivity contribution in [1.29, 1.82) is 0 Å². The van der Waals surface area contributed by atoms with Gasteiger partial charge >= 0.3 is 54.0 Å². The fourth-order valence-corrected chi connectivity index (χ4v) is 17.0. The minimum atomic E-state index is -0.902. The molecule has 5 atom stereocenters. The number of aromatic carboxylic acids is 1. The molecule has 0 heterocycles. The molecule has 6 fully saturated rings. The summed E-state index contributed by atoms with van der Waals surface area (Å²) in [6.45, 7) is 39.4. The molecule has 6 aliphatic carbocycles. The van der Waals surface area contributed by atoms with E-state index < -0.39 is 29.7 Å². The molecular weight excluding hydrogens is 1890 g/mol. The maximum absolute atomic E-state index is 13.3. The lowest BCUT2D eigenvalue weighted by molar-refractivity contribution is -0.192. The number of aliphatic hydroxyl groups is 5. The van der Waals surface area contributed by atoms with Gasteiger partial charge in [-0.05, 0) is 305 Å². The summed E-state index contributed by atoms with van der Waals surface area (Å²) in [6.07, 6.45) is 36.3. The molecule has 0 aromatic heterocycles. The molecule has 0 radical (unpaired) electrons. The van der Waals surface area contributed by atoms with E-state index in [-0.39, 0.29) is 109 Å². The molecule has 812 valence electrons. The lowest BCUT2D eigenvalue weighted by atomic mass is 9.76. The zero-order chi connectivity index (χ0) is 110. The SMILES string of the molecule is C=Cc1ccc(C(=O)O)cc1.C=Cc1ccc(C(=O)OCCC)cc1.CCCC1CCC(C(NC(=O)OC(C)(C)C)C(=O)NCC2(c3ccc(Cl)cc3)CC2)CC1.CCCO.CCCOC(=O)C1CCC(C(C)C(=O)O)CC1.CCCOC(=O)C1CCC(C(C)CO)CC1.CCCOC(=O)C1CCC(C(C)CO)CC1.CCCOC(=O)c1ccc(C(C)CO)cc1.CO.NCC1(c2ccc(Cl)cc2)CC1.O=C=O.[2H]C#C. The largest absolute Gasteiger partial charge is 0.481 e. The lowest BCUT2D eigenvalue weighted by Crippen LogP contribution is -2.53. The van der Waals surface area contributed by atoms with Crippen LogP contribution < -0.4 is 16.4 Å². The Balaban J connectivity index is 0.00000165. The van der Waals surface area contributed by atoms with E-state index in [1.807, 2.05) is 130 Å². The van der Waals surface area contributed by atoms with E-state index in [2.05, 4.69) is 63.1 Å². The number of alkyl carbamates (subject to hydrolysis) is 1. The molecule has 29 heteroatoms. The van der Waals surface area contributed by atoms with Crippen molar-refractivity contribution in [3.8, 4) is 12.8 Å². The normalized spacial score (nSPS) is 19.1. The molecule has 2 amide bonds. The van der Waals surface area contributed by atoms with Crippen molar-refractivity contribution in [3.63, 3.8) is 0 Å². The zero-order valence-corrected chi connectivity index (χ0v) is 90.7.